The van der Waals surface area contributed by atoms with Crippen molar-refractivity contribution < 1.29 is 0 Å². The van der Waals surface area contributed by atoms with Crippen LogP contribution in [0.15, 0.2) is 58.7 Å². The lowest BCUT2D eigenvalue weighted by atomic mass is 10.1. The van der Waals surface area contributed by atoms with E-state index in [-0.39, 0.29) is 0 Å². The van der Waals surface area contributed by atoms with Gasteiger partial charge in [0.05, 0.1) is 12.2 Å². The first-order chi connectivity index (χ1) is 12.1. The van der Waals surface area contributed by atoms with E-state index in [1.807, 2.05) is 48.8 Å². The van der Waals surface area contributed by atoms with E-state index in [9.17, 15) is 0 Å². The van der Waals surface area contributed by atoms with Crippen molar-refractivity contribution in [1.29, 1.82) is 0 Å². The van der Waals surface area contributed by atoms with Crippen molar-refractivity contribution in [3.8, 4) is 0 Å². The predicted octanol–water partition coefficient (Wildman–Crippen LogP) is 4.71. The van der Waals surface area contributed by atoms with Gasteiger partial charge in [-0.15, -0.1) is 0 Å². The van der Waals surface area contributed by atoms with Gasteiger partial charge in [-0.05, 0) is 41.8 Å². The van der Waals surface area contributed by atoms with E-state index in [0.717, 1.165) is 27.3 Å². The standard InChI is InChI=1S/C19H21ClN4S/c1-13(2)18-19(25-16-5-3-4-15(20)10-16)23-17(11-21)24(18)12-14-6-8-22-9-7-14/h3-10,13H,11-12,21H2,1-2H3. The Morgan fingerprint density at radius 3 is 2.60 bits per heavy atom. The molecular formula is C19H21ClN4S. The molecule has 2 heterocycles. The lowest BCUT2D eigenvalue weighted by Gasteiger charge is -2.15. The summed E-state index contributed by atoms with van der Waals surface area (Å²) >= 11 is 7.75. The minimum absolute atomic E-state index is 0.330. The van der Waals surface area contributed by atoms with Crippen molar-refractivity contribution in [2.75, 3.05) is 0 Å². The quantitative estimate of drug-likeness (QED) is 0.680. The molecule has 1 aromatic carbocycles. The molecule has 0 aliphatic heterocycles. The molecule has 0 aliphatic carbocycles. The van der Waals surface area contributed by atoms with Crippen LogP contribution >= 0.6 is 23.4 Å². The number of imidazole rings is 1. The molecule has 0 fully saturated rings. The molecule has 0 unspecified atom stereocenters. The second-order valence-corrected chi connectivity index (χ2v) is 7.58. The van der Waals surface area contributed by atoms with Crippen molar-refractivity contribution in [1.82, 2.24) is 14.5 Å². The molecule has 0 saturated carbocycles. The van der Waals surface area contributed by atoms with Gasteiger partial charge >= 0.3 is 0 Å². The van der Waals surface area contributed by atoms with Crippen LogP contribution in [-0.2, 0) is 13.1 Å². The molecule has 0 spiro atoms. The average molecular weight is 373 g/mol. The van der Waals surface area contributed by atoms with Gasteiger partial charge in [0.15, 0.2) is 0 Å². The van der Waals surface area contributed by atoms with Gasteiger partial charge in [0.1, 0.15) is 10.9 Å². The van der Waals surface area contributed by atoms with Crippen LogP contribution in [0.2, 0.25) is 5.02 Å². The highest BCUT2D eigenvalue weighted by molar-refractivity contribution is 7.99. The number of pyridine rings is 1. The summed E-state index contributed by atoms with van der Waals surface area (Å²) in [5.74, 6) is 1.22. The van der Waals surface area contributed by atoms with Crippen LogP contribution in [-0.4, -0.2) is 14.5 Å². The molecule has 0 bridgehead atoms. The van der Waals surface area contributed by atoms with Crippen LogP contribution in [0.5, 0.6) is 0 Å². The first-order valence-corrected chi connectivity index (χ1v) is 9.39. The largest absolute Gasteiger partial charge is 0.325 e. The zero-order valence-electron chi connectivity index (χ0n) is 14.3. The lowest BCUT2D eigenvalue weighted by Crippen LogP contribution is -2.12. The highest BCUT2D eigenvalue weighted by Crippen LogP contribution is 2.35. The highest BCUT2D eigenvalue weighted by atomic mass is 35.5. The number of halogens is 1. The van der Waals surface area contributed by atoms with Crippen LogP contribution in [0.1, 0.15) is 36.8 Å². The summed E-state index contributed by atoms with van der Waals surface area (Å²) in [6, 6.07) is 11.9. The van der Waals surface area contributed by atoms with Crippen molar-refractivity contribution >= 4 is 23.4 Å². The van der Waals surface area contributed by atoms with E-state index >= 15 is 0 Å². The normalized spacial score (nSPS) is 11.2. The molecule has 3 rings (SSSR count). The molecule has 0 saturated heterocycles. The van der Waals surface area contributed by atoms with Gasteiger partial charge in [0.2, 0.25) is 0 Å². The molecule has 6 heteroatoms. The van der Waals surface area contributed by atoms with E-state index in [2.05, 4.69) is 23.4 Å². The summed E-state index contributed by atoms with van der Waals surface area (Å²) in [5, 5.41) is 1.72. The maximum absolute atomic E-state index is 6.12. The number of nitrogens with two attached hydrogens (primary N) is 1. The average Bonchev–Trinajstić information content (AvgIpc) is 2.93. The molecule has 0 atom stereocenters. The predicted molar refractivity (Wildman–Crippen MR) is 103 cm³/mol. The maximum Gasteiger partial charge on any atom is 0.124 e. The number of hydrogen-bond donors (Lipinski definition) is 1. The molecule has 130 valence electrons. The fraction of sp³-hybridized carbons (Fsp3) is 0.263. The minimum atomic E-state index is 0.330. The summed E-state index contributed by atoms with van der Waals surface area (Å²) in [4.78, 5) is 9.98. The first-order valence-electron chi connectivity index (χ1n) is 8.20. The molecule has 0 aliphatic rings. The monoisotopic (exact) mass is 372 g/mol. The van der Waals surface area contributed by atoms with E-state index in [1.165, 1.54) is 11.3 Å². The smallest absolute Gasteiger partial charge is 0.124 e. The molecule has 3 aromatic rings. The molecule has 25 heavy (non-hydrogen) atoms. The highest BCUT2D eigenvalue weighted by Gasteiger charge is 2.20. The van der Waals surface area contributed by atoms with Crippen LogP contribution in [0, 0.1) is 0 Å². The van der Waals surface area contributed by atoms with Gasteiger partial charge in [-0.25, -0.2) is 4.98 Å². The minimum Gasteiger partial charge on any atom is -0.325 e. The summed E-state index contributed by atoms with van der Waals surface area (Å²) < 4.78 is 2.23. The summed E-state index contributed by atoms with van der Waals surface area (Å²) in [6.45, 7) is 5.51. The van der Waals surface area contributed by atoms with E-state index in [1.54, 1.807) is 11.8 Å². The zero-order chi connectivity index (χ0) is 17.8. The van der Waals surface area contributed by atoms with Crippen LogP contribution in [0.25, 0.3) is 0 Å². The summed E-state index contributed by atoms with van der Waals surface area (Å²) in [6.07, 6.45) is 3.62. The van der Waals surface area contributed by atoms with Gasteiger partial charge in [-0.3, -0.25) is 4.98 Å². The third-order valence-corrected chi connectivity index (χ3v) is 5.10. The second kappa shape index (κ2) is 8.04. The molecule has 2 aromatic heterocycles. The topological polar surface area (TPSA) is 56.7 Å². The van der Waals surface area contributed by atoms with Crippen molar-refractivity contribution in [3.05, 3.63) is 70.9 Å². The molecule has 0 radical (unpaired) electrons. The van der Waals surface area contributed by atoms with Crippen LogP contribution in [0.4, 0.5) is 0 Å². The van der Waals surface area contributed by atoms with Gasteiger partial charge in [-0.2, -0.15) is 0 Å². The third kappa shape index (κ3) is 4.24. The Kier molecular flexibility index (Phi) is 5.78. The Balaban J connectivity index is 2.01. The summed E-state index contributed by atoms with van der Waals surface area (Å²) in [5.41, 5.74) is 8.36. The molecule has 0 amide bonds. The Bertz CT molecular complexity index is 846. The maximum atomic E-state index is 6.12. The van der Waals surface area contributed by atoms with E-state index in [0.29, 0.717) is 12.5 Å². The Morgan fingerprint density at radius 1 is 1.20 bits per heavy atom. The third-order valence-electron chi connectivity index (χ3n) is 3.88. The second-order valence-electron chi connectivity index (χ2n) is 6.08. The zero-order valence-corrected chi connectivity index (χ0v) is 15.9. The van der Waals surface area contributed by atoms with Gasteiger partial charge in [0.25, 0.3) is 0 Å². The van der Waals surface area contributed by atoms with Crippen molar-refractivity contribution in [2.24, 2.45) is 5.73 Å². The van der Waals surface area contributed by atoms with Gasteiger partial charge < -0.3 is 10.3 Å². The van der Waals surface area contributed by atoms with Crippen LogP contribution in [0.3, 0.4) is 0 Å². The van der Waals surface area contributed by atoms with E-state index < -0.39 is 0 Å². The SMILES string of the molecule is CC(C)c1c(Sc2cccc(Cl)c2)nc(CN)n1Cc1ccncc1. The number of aromatic nitrogens is 3. The lowest BCUT2D eigenvalue weighted by molar-refractivity contribution is 0.649. The number of nitrogens with zero attached hydrogens (tertiary/aromatic N) is 3. The van der Waals surface area contributed by atoms with Crippen molar-refractivity contribution in [3.63, 3.8) is 0 Å². The fourth-order valence-corrected chi connectivity index (χ4v) is 4.18. The first kappa shape index (κ1) is 18.0. The molecule has 2 N–H and O–H groups in total. The van der Waals surface area contributed by atoms with E-state index in [4.69, 9.17) is 22.3 Å². The van der Waals surface area contributed by atoms with Crippen LogP contribution < -0.4 is 5.73 Å². The van der Waals surface area contributed by atoms with Crippen molar-refractivity contribution in [2.45, 2.75) is 42.8 Å². The Morgan fingerprint density at radius 2 is 1.96 bits per heavy atom. The Labute approximate surface area is 157 Å². The molecular weight excluding hydrogens is 352 g/mol. The fourth-order valence-electron chi connectivity index (χ4n) is 2.77. The van der Waals surface area contributed by atoms with Gasteiger partial charge in [0, 0.05) is 28.9 Å². The summed E-state index contributed by atoms with van der Waals surface area (Å²) in [7, 11) is 0. The number of rotatable bonds is 6. The molecule has 4 nitrogen and oxygen atoms in total. The Hall–Kier alpha value is -1.82. The van der Waals surface area contributed by atoms with Gasteiger partial charge in [-0.1, -0.05) is 43.3 Å². The number of benzene rings is 1. The number of hydrogen-bond acceptors (Lipinski definition) is 4.